The summed E-state index contributed by atoms with van der Waals surface area (Å²) in [5.74, 6) is 0.357. The molecular formula is C19H17ClN4O2S. The number of halogens is 1. The highest BCUT2D eigenvalue weighted by Crippen LogP contribution is 2.40. The minimum Gasteiger partial charge on any atom is -0.383 e. The van der Waals surface area contributed by atoms with Crippen LogP contribution in [0.4, 0.5) is 11.5 Å². The van der Waals surface area contributed by atoms with E-state index in [1.807, 2.05) is 6.92 Å². The predicted octanol–water partition coefficient (Wildman–Crippen LogP) is 3.44. The minimum atomic E-state index is -3.78. The van der Waals surface area contributed by atoms with Crippen molar-refractivity contribution in [3.63, 3.8) is 0 Å². The lowest BCUT2D eigenvalue weighted by atomic mass is 10.0. The lowest BCUT2D eigenvalue weighted by molar-refractivity contribution is 0.591. The van der Waals surface area contributed by atoms with Gasteiger partial charge in [0.1, 0.15) is 12.1 Å². The molecule has 0 bridgehead atoms. The fraction of sp³-hybridized carbons (Fsp3) is 0.158. The van der Waals surface area contributed by atoms with E-state index in [1.54, 1.807) is 42.5 Å². The van der Waals surface area contributed by atoms with Crippen molar-refractivity contribution in [3.8, 4) is 11.3 Å². The molecule has 0 aliphatic carbocycles. The van der Waals surface area contributed by atoms with Crippen LogP contribution in [0.2, 0.25) is 5.02 Å². The van der Waals surface area contributed by atoms with Gasteiger partial charge in [0.25, 0.3) is 10.0 Å². The maximum absolute atomic E-state index is 13.4. The molecule has 8 heteroatoms. The first-order valence-corrected chi connectivity index (χ1v) is 10.2. The van der Waals surface area contributed by atoms with Gasteiger partial charge in [0, 0.05) is 22.7 Å². The van der Waals surface area contributed by atoms with Crippen LogP contribution in [-0.4, -0.2) is 24.9 Å². The molecule has 0 saturated carbocycles. The van der Waals surface area contributed by atoms with Crippen LogP contribution < -0.4 is 10.0 Å². The molecule has 0 fully saturated rings. The normalized spacial score (nSPS) is 13.6. The first-order chi connectivity index (χ1) is 12.9. The number of rotatable bonds is 2. The summed E-state index contributed by atoms with van der Waals surface area (Å²) >= 11 is 6.19. The van der Waals surface area contributed by atoms with Gasteiger partial charge < -0.3 is 5.73 Å². The predicted molar refractivity (Wildman–Crippen MR) is 106 cm³/mol. The third kappa shape index (κ3) is 3.02. The summed E-state index contributed by atoms with van der Waals surface area (Å²) in [5.41, 5.74) is 9.55. The van der Waals surface area contributed by atoms with Crippen molar-refractivity contribution < 1.29 is 8.42 Å². The van der Waals surface area contributed by atoms with Gasteiger partial charge >= 0.3 is 0 Å². The van der Waals surface area contributed by atoms with Gasteiger partial charge in [-0.2, -0.15) is 0 Å². The Morgan fingerprint density at radius 3 is 2.59 bits per heavy atom. The van der Waals surface area contributed by atoms with E-state index in [0.717, 1.165) is 11.1 Å². The lowest BCUT2D eigenvalue weighted by Crippen LogP contribution is -2.32. The second kappa shape index (κ2) is 6.51. The topological polar surface area (TPSA) is 89.2 Å². The molecule has 0 radical (unpaired) electrons. The Balaban J connectivity index is 1.93. The average molecular weight is 401 g/mol. The van der Waals surface area contributed by atoms with E-state index in [0.29, 0.717) is 34.2 Å². The second-order valence-electron chi connectivity index (χ2n) is 6.39. The smallest absolute Gasteiger partial charge is 0.264 e. The van der Waals surface area contributed by atoms with Gasteiger partial charge in [0.2, 0.25) is 0 Å². The van der Waals surface area contributed by atoms with Crippen molar-refractivity contribution in [3.05, 3.63) is 64.9 Å². The minimum absolute atomic E-state index is 0.216. The van der Waals surface area contributed by atoms with Crippen molar-refractivity contribution in [2.75, 3.05) is 16.6 Å². The SMILES string of the molecule is Cc1ccc(S(=O)(=O)N2CCc3c(N)ncnc3-c3ccc(Cl)cc32)cc1. The van der Waals surface area contributed by atoms with Crippen LogP contribution in [0.5, 0.6) is 0 Å². The summed E-state index contributed by atoms with van der Waals surface area (Å²) < 4.78 is 28.1. The standard InChI is InChI=1S/C19H17ClN4O2S/c1-12-2-5-14(6-3-12)27(25,26)24-9-8-16-18(22-11-23-19(16)21)15-7-4-13(20)10-17(15)24/h2-7,10-11H,8-9H2,1H3,(H2,21,22,23). The molecule has 0 atom stereocenters. The Kier molecular flexibility index (Phi) is 4.28. The highest BCUT2D eigenvalue weighted by molar-refractivity contribution is 7.92. The molecular weight excluding hydrogens is 384 g/mol. The number of benzene rings is 2. The fourth-order valence-corrected chi connectivity index (χ4v) is 4.88. The number of fused-ring (bicyclic) bond motifs is 3. The number of hydrogen-bond donors (Lipinski definition) is 1. The third-order valence-corrected chi connectivity index (χ3v) is 6.70. The van der Waals surface area contributed by atoms with Gasteiger partial charge in [-0.25, -0.2) is 18.4 Å². The highest BCUT2D eigenvalue weighted by atomic mass is 35.5. The molecule has 3 aromatic rings. The molecule has 2 aromatic carbocycles. The Morgan fingerprint density at radius 1 is 1.11 bits per heavy atom. The molecule has 1 aromatic heterocycles. The molecule has 1 aliphatic rings. The molecule has 2 N–H and O–H groups in total. The van der Waals surface area contributed by atoms with E-state index < -0.39 is 10.0 Å². The van der Waals surface area contributed by atoms with E-state index in [-0.39, 0.29) is 11.4 Å². The van der Waals surface area contributed by atoms with E-state index in [4.69, 9.17) is 17.3 Å². The van der Waals surface area contributed by atoms with Crippen molar-refractivity contribution in [1.82, 2.24) is 9.97 Å². The van der Waals surface area contributed by atoms with E-state index in [1.165, 1.54) is 10.6 Å². The Labute approximate surface area is 162 Å². The molecule has 4 rings (SSSR count). The lowest BCUT2D eigenvalue weighted by Gasteiger charge is -2.24. The highest BCUT2D eigenvalue weighted by Gasteiger charge is 2.31. The number of aromatic nitrogens is 2. The Hall–Kier alpha value is -2.64. The van der Waals surface area contributed by atoms with Crippen LogP contribution in [0.25, 0.3) is 11.3 Å². The third-order valence-electron chi connectivity index (χ3n) is 4.64. The second-order valence-corrected chi connectivity index (χ2v) is 8.69. The number of sulfonamides is 1. The van der Waals surface area contributed by atoms with Gasteiger partial charge in [-0.15, -0.1) is 0 Å². The van der Waals surface area contributed by atoms with Crippen LogP contribution in [0.15, 0.2) is 53.7 Å². The van der Waals surface area contributed by atoms with Crippen molar-refractivity contribution in [2.45, 2.75) is 18.2 Å². The monoisotopic (exact) mass is 400 g/mol. The first kappa shape index (κ1) is 17.8. The maximum atomic E-state index is 13.4. The molecule has 1 aliphatic heterocycles. The van der Waals surface area contributed by atoms with Crippen molar-refractivity contribution in [2.24, 2.45) is 0 Å². The summed E-state index contributed by atoms with van der Waals surface area (Å²) in [5, 5.41) is 0.448. The summed E-state index contributed by atoms with van der Waals surface area (Å²) in [7, 11) is -3.78. The molecule has 6 nitrogen and oxygen atoms in total. The molecule has 138 valence electrons. The molecule has 0 unspecified atom stereocenters. The van der Waals surface area contributed by atoms with E-state index in [2.05, 4.69) is 9.97 Å². The van der Waals surface area contributed by atoms with Crippen LogP contribution >= 0.6 is 11.6 Å². The van der Waals surface area contributed by atoms with Gasteiger partial charge in [-0.1, -0.05) is 29.3 Å². The zero-order chi connectivity index (χ0) is 19.2. The molecule has 0 spiro atoms. The van der Waals surface area contributed by atoms with E-state index >= 15 is 0 Å². The number of nitrogen functional groups attached to an aromatic ring is 1. The van der Waals surface area contributed by atoms with Crippen molar-refractivity contribution >= 4 is 33.1 Å². The average Bonchev–Trinajstić information content (AvgIpc) is 2.80. The number of hydrogen-bond acceptors (Lipinski definition) is 5. The Morgan fingerprint density at radius 2 is 1.85 bits per heavy atom. The summed E-state index contributed by atoms with van der Waals surface area (Å²) in [6, 6.07) is 11.9. The van der Waals surface area contributed by atoms with Crippen LogP contribution in [0, 0.1) is 6.92 Å². The first-order valence-electron chi connectivity index (χ1n) is 8.36. The van der Waals surface area contributed by atoms with Gasteiger partial charge in [0.05, 0.1) is 16.3 Å². The van der Waals surface area contributed by atoms with Gasteiger partial charge in [-0.3, -0.25) is 4.31 Å². The Bertz CT molecular complexity index is 1130. The van der Waals surface area contributed by atoms with Gasteiger partial charge in [-0.05, 0) is 43.7 Å². The van der Waals surface area contributed by atoms with Gasteiger partial charge in [0.15, 0.2) is 0 Å². The van der Waals surface area contributed by atoms with Crippen LogP contribution in [0.1, 0.15) is 11.1 Å². The molecule has 0 saturated heterocycles. The maximum Gasteiger partial charge on any atom is 0.264 e. The number of anilines is 2. The summed E-state index contributed by atoms with van der Waals surface area (Å²) in [6.07, 6.45) is 1.79. The van der Waals surface area contributed by atoms with E-state index in [9.17, 15) is 8.42 Å². The zero-order valence-electron chi connectivity index (χ0n) is 14.6. The molecule has 2 heterocycles. The molecule has 0 amide bonds. The van der Waals surface area contributed by atoms with Crippen LogP contribution in [-0.2, 0) is 16.4 Å². The van der Waals surface area contributed by atoms with Crippen molar-refractivity contribution in [1.29, 1.82) is 0 Å². The number of nitrogens with zero attached hydrogens (tertiary/aromatic N) is 3. The number of nitrogens with two attached hydrogens (primary N) is 1. The summed E-state index contributed by atoms with van der Waals surface area (Å²) in [4.78, 5) is 8.63. The number of aryl methyl sites for hydroxylation is 1. The zero-order valence-corrected chi connectivity index (χ0v) is 16.1. The molecule has 27 heavy (non-hydrogen) atoms. The quantitative estimate of drug-likeness (QED) is 0.711. The fourth-order valence-electron chi connectivity index (χ4n) is 3.24. The largest absolute Gasteiger partial charge is 0.383 e. The van der Waals surface area contributed by atoms with Crippen LogP contribution in [0.3, 0.4) is 0 Å². The summed E-state index contributed by atoms with van der Waals surface area (Å²) in [6.45, 7) is 2.13.